The number of carbonyl (C=O) groups excluding carboxylic acids is 2. The molecule has 2 heterocycles. The first-order valence-corrected chi connectivity index (χ1v) is 7.37. The highest BCUT2D eigenvalue weighted by Crippen LogP contribution is 2.11. The number of piperazine rings is 1. The van der Waals surface area contributed by atoms with E-state index in [1.54, 1.807) is 6.92 Å². The van der Waals surface area contributed by atoms with Gasteiger partial charge in [0.15, 0.2) is 0 Å². The van der Waals surface area contributed by atoms with Crippen molar-refractivity contribution >= 4 is 11.8 Å². The lowest BCUT2D eigenvalue weighted by Gasteiger charge is -2.38. The van der Waals surface area contributed by atoms with Crippen LogP contribution in [0.25, 0.3) is 0 Å². The van der Waals surface area contributed by atoms with Crippen LogP contribution in [-0.2, 0) is 14.3 Å². The van der Waals surface area contributed by atoms with Crippen molar-refractivity contribution in [3.8, 4) is 0 Å². The highest BCUT2D eigenvalue weighted by Gasteiger charge is 2.28. The van der Waals surface area contributed by atoms with Crippen LogP contribution in [-0.4, -0.2) is 84.5 Å². The minimum absolute atomic E-state index is 0.109. The number of rotatable bonds is 2. The maximum absolute atomic E-state index is 12.3. The summed E-state index contributed by atoms with van der Waals surface area (Å²) in [5.41, 5.74) is 0. The van der Waals surface area contributed by atoms with Crippen molar-refractivity contribution in [2.45, 2.75) is 33.0 Å². The Kier molecular flexibility index (Phi) is 4.99. The molecule has 0 spiro atoms. The molecule has 2 fully saturated rings. The number of hydrogen-bond donors (Lipinski definition) is 0. The van der Waals surface area contributed by atoms with Crippen molar-refractivity contribution in [3.63, 3.8) is 0 Å². The number of carbonyl (C=O) groups is 2. The van der Waals surface area contributed by atoms with Crippen LogP contribution in [0.3, 0.4) is 0 Å². The van der Waals surface area contributed by atoms with Gasteiger partial charge in [-0.2, -0.15) is 0 Å². The van der Waals surface area contributed by atoms with Crippen LogP contribution in [0.5, 0.6) is 0 Å². The predicted octanol–water partition coefficient (Wildman–Crippen LogP) is -0.214. The molecule has 2 atom stereocenters. The van der Waals surface area contributed by atoms with Crippen LogP contribution in [0, 0.1) is 0 Å². The molecule has 2 aliphatic heterocycles. The summed E-state index contributed by atoms with van der Waals surface area (Å²) < 4.78 is 5.65. The quantitative estimate of drug-likeness (QED) is 0.703. The van der Waals surface area contributed by atoms with Gasteiger partial charge in [0.25, 0.3) is 0 Å². The summed E-state index contributed by atoms with van der Waals surface area (Å²) in [4.78, 5) is 29.5. The van der Waals surface area contributed by atoms with Crippen LogP contribution < -0.4 is 0 Å². The zero-order valence-corrected chi connectivity index (χ0v) is 12.7. The van der Waals surface area contributed by atoms with Crippen LogP contribution in [0.15, 0.2) is 0 Å². The van der Waals surface area contributed by atoms with Crippen LogP contribution in [0.2, 0.25) is 0 Å². The fourth-order valence-electron chi connectivity index (χ4n) is 2.89. The van der Waals surface area contributed by atoms with Gasteiger partial charge in [-0.1, -0.05) is 0 Å². The van der Waals surface area contributed by atoms with E-state index in [1.807, 2.05) is 23.6 Å². The average Bonchev–Trinajstić information content (AvgIpc) is 2.38. The smallest absolute Gasteiger partial charge is 0.236 e. The minimum Gasteiger partial charge on any atom is -0.372 e. The van der Waals surface area contributed by atoms with E-state index >= 15 is 0 Å². The molecule has 2 amide bonds. The minimum atomic E-state index is 0.109. The maximum Gasteiger partial charge on any atom is 0.236 e. The second kappa shape index (κ2) is 6.54. The lowest BCUT2D eigenvalue weighted by Crippen LogP contribution is -2.54. The van der Waals surface area contributed by atoms with Crippen molar-refractivity contribution in [3.05, 3.63) is 0 Å². The molecule has 6 nitrogen and oxygen atoms in total. The van der Waals surface area contributed by atoms with Crippen LogP contribution in [0.4, 0.5) is 0 Å². The third-order valence-electron chi connectivity index (χ3n) is 3.95. The van der Waals surface area contributed by atoms with Gasteiger partial charge in [-0.3, -0.25) is 14.5 Å². The number of amides is 2. The third kappa shape index (κ3) is 3.93. The van der Waals surface area contributed by atoms with Crippen molar-refractivity contribution in [2.24, 2.45) is 0 Å². The van der Waals surface area contributed by atoms with Crippen molar-refractivity contribution in [1.82, 2.24) is 14.7 Å². The van der Waals surface area contributed by atoms with Crippen LogP contribution >= 0.6 is 0 Å². The molecule has 114 valence electrons. The summed E-state index contributed by atoms with van der Waals surface area (Å²) >= 11 is 0. The Balaban J connectivity index is 1.79. The highest BCUT2D eigenvalue weighted by atomic mass is 16.5. The zero-order chi connectivity index (χ0) is 14.7. The van der Waals surface area contributed by atoms with Gasteiger partial charge < -0.3 is 14.5 Å². The summed E-state index contributed by atoms with van der Waals surface area (Å²) in [5.74, 6) is 0.287. The maximum atomic E-state index is 12.3. The number of hydrogen-bond acceptors (Lipinski definition) is 4. The van der Waals surface area contributed by atoms with Gasteiger partial charge in [0.05, 0.1) is 18.8 Å². The van der Waals surface area contributed by atoms with E-state index in [2.05, 4.69) is 4.90 Å². The molecular formula is C14H25N3O3. The molecular weight excluding hydrogens is 258 g/mol. The van der Waals surface area contributed by atoms with Gasteiger partial charge in [0.1, 0.15) is 0 Å². The summed E-state index contributed by atoms with van der Waals surface area (Å²) in [6.07, 6.45) is 0.217. The predicted molar refractivity (Wildman–Crippen MR) is 75.3 cm³/mol. The fourth-order valence-corrected chi connectivity index (χ4v) is 2.89. The first-order chi connectivity index (χ1) is 9.45. The molecule has 0 bridgehead atoms. The van der Waals surface area contributed by atoms with E-state index in [1.165, 1.54) is 0 Å². The molecule has 2 aliphatic rings. The Morgan fingerprint density at radius 1 is 1.00 bits per heavy atom. The molecule has 2 saturated heterocycles. The average molecular weight is 283 g/mol. The summed E-state index contributed by atoms with van der Waals surface area (Å²) in [6, 6.07) is 0. The second-order valence-corrected chi connectivity index (χ2v) is 5.84. The largest absolute Gasteiger partial charge is 0.372 e. The SMILES string of the molecule is CC(=O)N1CCN(CC(=O)N2CC(C)OC(C)C2)CC1. The second-order valence-electron chi connectivity index (χ2n) is 5.84. The topological polar surface area (TPSA) is 53.1 Å². The van der Waals surface area contributed by atoms with E-state index in [9.17, 15) is 9.59 Å². The Labute approximate surface area is 120 Å². The molecule has 20 heavy (non-hydrogen) atoms. The Morgan fingerprint density at radius 2 is 1.55 bits per heavy atom. The molecule has 0 saturated carbocycles. The molecule has 0 aromatic heterocycles. The van der Waals surface area contributed by atoms with E-state index in [0.29, 0.717) is 19.6 Å². The van der Waals surface area contributed by atoms with Gasteiger partial charge in [0.2, 0.25) is 11.8 Å². The third-order valence-corrected chi connectivity index (χ3v) is 3.95. The number of morpholine rings is 1. The molecule has 0 radical (unpaired) electrons. The molecule has 0 aliphatic carbocycles. The molecule has 6 heteroatoms. The van der Waals surface area contributed by atoms with E-state index < -0.39 is 0 Å². The molecule has 2 rings (SSSR count). The van der Waals surface area contributed by atoms with Gasteiger partial charge in [0, 0.05) is 46.2 Å². The van der Waals surface area contributed by atoms with Crippen LogP contribution in [0.1, 0.15) is 20.8 Å². The number of nitrogens with zero attached hydrogens (tertiary/aromatic N) is 3. The van der Waals surface area contributed by atoms with Crippen molar-refractivity contribution in [2.75, 3.05) is 45.8 Å². The van der Waals surface area contributed by atoms with E-state index in [0.717, 1.165) is 26.2 Å². The summed E-state index contributed by atoms with van der Waals surface area (Å²) in [5, 5.41) is 0. The highest BCUT2D eigenvalue weighted by molar-refractivity contribution is 5.78. The number of ether oxygens (including phenoxy) is 1. The van der Waals surface area contributed by atoms with Crippen molar-refractivity contribution in [1.29, 1.82) is 0 Å². The molecule has 2 unspecified atom stereocenters. The van der Waals surface area contributed by atoms with Crippen molar-refractivity contribution < 1.29 is 14.3 Å². The first kappa shape index (κ1) is 15.3. The van der Waals surface area contributed by atoms with Gasteiger partial charge in [-0.05, 0) is 13.8 Å². The zero-order valence-electron chi connectivity index (χ0n) is 12.7. The molecule has 0 N–H and O–H groups in total. The Hall–Kier alpha value is -1.14. The standard InChI is InChI=1S/C14H25N3O3/c1-11-8-17(9-12(2)20-11)14(19)10-15-4-6-16(7-5-15)13(3)18/h11-12H,4-10H2,1-3H3. The lowest BCUT2D eigenvalue weighted by atomic mass is 10.2. The summed E-state index contributed by atoms with van der Waals surface area (Å²) in [6.45, 7) is 10.4. The van der Waals surface area contributed by atoms with E-state index in [-0.39, 0.29) is 24.0 Å². The Bertz CT molecular complexity index is 357. The van der Waals surface area contributed by atoms with Gasteiger partial charge in [-0.25, -0.2) is 0 Å². The fraction of sp³-hybridized carbons (Fsp3) is 0.857. The Morgan fingerprint density at radius 3 is 2.05 bits per heavy atom. The normalized spacial score (nSPS) is 28.6. The lowest BCUT2D eigenvalue weighted by molar-refractivity contribution is -0.145. The monoisotopic (exact) mass is 283 g/mol. The van der Waals surface area contributed by atoms with Gasteiger partial charge >= 0.3 is 0 Å². The van der Waals surface area contributed by atoms with E-state index in [4.69, 9.17) is 4.74 Å². The molecule has 0 aromatic rings. The van der Waals surface area contributed by atoms with Gasteiger partial charge in [-0.15, -0.1) is 0 Å². The first-order valence-electron chi connectivity index (χ1n) is 7.37. The molecule has 0 aromatic carbocycles. The summed E-state index contributed by atoms with van der Waals surface area (Å²) in [7, 11) is 0.